The van der Waals surface area contributed by atoms with Gasteiger partial charge in [-0.1, -0.05) is 51.8 Å². The summed E-state index contributed by atoms with van der Waals surface area (Å²) in [5, 5.41) is 5.75. The highest BCUT2D eigenvalue weighted by Gasteiger charge is 2.14. The molecule has 3 nitrogen and oxygen atoms in total. The van der Waals surface area contributed by atoms with Gasteiger partial charge >= 0.3 is 0 Å². The molecule has 122 valence electrons. The van der Waals surface area contributed by atoms with Gasteiger partial charge in [0, 0.05) is 15.1 Å². The fraction of sp³-hybridized carbons (Fsp3) is 0.278. The van der Waals surface area contributed by atoms with Crippen LogP contribution < -0.4 is 10.6 Å². The van der Waals surface area contributed by atoms with Crippen molar-refractivity contribution in [1.82, 2.24) is 5.32 Å². The molecule has 5 heteroatoms. The Morgan fingerprint density at radius 2 is 1.87 bits per heavy atom. The summed E-state index contributed by atoms with van der Waals surface area (Å²) in [5.74, 6) is 0.0225. The van der Waals surface area contributed by atoms with Gasteiger partial charge in [-0.05, 0) is 43.7 Å². The molecule has 0 aromatic heterocycles. The molecule has 0 fully saturated rings. The molecule has 2 aromatic rings. The standard InChI is InChI=1S/C18H20BrClN2O/c1-12(15-4-3-5-17(20)10-15)21-11-18(23)22-13(2)14-6-8-16(19)9-7-14/h3-10,12-13,21H,11H2,1-2H3,(H,22,23)/p+1/t12-,13-/m0/s1. The Kier molecular flexibility index (Phi) is 6.63. The van der Waals surface area contributed by atoms with E-state index in [1.54, 1.807) is 0 Å². The number of benzene rings is 2. The zero-order valence-corrected chi connectivity index (χ0v) is 15.6. The van der Waals surface area contributed by atoms with Gasteiger partial charge in [0.25, 0.3) is 5.91 Å². The molecule has 0 radical (unpaired) electrons. The molecule has 2 rings (SSSR count). The van der Waals surface area contributed by atoms with Crippen LogP contribution in [0, 0.1) is 0 Å². The van der Waals surface area contributed by atoms with Crippen LogP contribution in [0.1, 0.15) is 37.1 Å². The lowest BCUT2D eigenvalue weighted by molar-refractivity contribution is -0.682. The fourth-order valence-electron chi connectivity index (χ4n) is 2.34. The molecule has 0 unspecified atom stereocenters. The Labute approximate surface area is 150 Å². The first-order valence-electron chi connectivity index (χ1n) is 7.59. The predicted molar refractivity (Wildman–Crippen MR) is 97.4 cm³/mol. The lowest BCUT2D eigenvalue weighted by Crippen LogP contribution is -2.87. The zero-order chi connectivity index (χ0) is 16.8. The summed E-state index contributed by atoms with van der Waals surface area (Å²) in [6.45, 7) is 4.44. The van der Waals surface area contributed by atoms with Gasteiger partial charge in [0.15, 0.2) is 6.54 Å². The van der Waals surface area contributed by atoms with E-state index < -0.39 is 0 Å². The largest absolute Gasteiger partial charge is 0.345 e. The lowest BCUT2D eigenvalue weighted by atomic mass is 10.1. The van der Waals surface area contributed by atoms with Crippen LogP contribution in [0.2, 0.25) is 5.02 Å². The van der Waals surface area contributed by atoms with Crippen molar-refractivity contribution in [2.75, 3.05) is 6.54 Å². The molecule has 2 atom stereocenters. The van der Waals surface area contributed by atoms with Crippen LogP contribution >= 0.6 is 27.5 Å². The number of carbonyl (C=O) groups is 1. The van der Waals surface area contributed by atoms with Gasteiger partial charge in [0.2, 0.25) is 0 Å². The third-order valence-electron chi connectivity index (χ3n) is 3.78. The first kappa shape index (κ1) is 18.0. The highest BCUT2D eigenvalue weighted by atomic mass is 79.9. The molecule has 0 saturated carbocycles. The zero-order valence-electron chi connectivity index (χ0n) is 13.2. The molecule has 0 aliphatic rings. The molecule has 23 heavy (non-hydrogen) atoms. The van der Waals surface area contributed by atoms with E-state index >= 15 is 0 Å². The molecule has 0 saturated heterocycles. The molecule has 1 amide bonds. The van der Waals surface area contributed by atoms with Gasteiger partial charge in [0.05, 0.1) is 6.04 Å². The maximum atomic E-state index is 12.1. The summed E-state index contributed by atoms with van der Waals surface area (Å²) in [6, 6.07) is 15.9. The number of quaternary nitrogens is 1. The Balaban J connectivity index is 1.83. The second-order valence-corrected chi connectivity index (χ2v) is 6.98. The fourth-order valence-corrected chi connectivity index (χ4v) is 2.81. The summed E-state index contributed by atoms with van der Waals surface area (Å²) < 4.78 is 1.03. The minimum atomic E-state index is -0.00882. The number of nitrogens with one attached hydrogen (secondary N) is 1. The highest BCUT2D eigenvalue weighted by Crippen LogP contribution is 2.16. The van der Waals surface area contributed by atoms with Crippen LogP contribution in [0.15, 0.2) is 53.0 Å². The first-order valence-corrected chi connectivity index (χ1v) is 8.76. The highest BCUT2D eigenvalue weighted by molar-refractivity contribution is 9.10. The summed E-state index contributed by atoms with van der Waals surface area (Å²) in [4.78, 5) is 12.1. The summed E-state index contributed by atoms with van der Waals surface area (Å²) in [5.41, 5.74) is 2.20. The molecule has 0 aliphatic heterocycles. The number of hydrogen-bond acceptors (Lipinski definition) is 1. The third-order valence-corrected chi connectivity index (χ3v) is 4.54. The maximum absolute atomic E-state index is 12.1. The Bertz CT molecular complexity index is 660. The summed E-state index contributed by atoms with van der Waals surface area (Å²) in [6.07, 6.45) is 0. The van der Waals surface area contributed by atoms with E-state index in [4.69, 9.17) is 11.6 Å². The quantitative estimate of drug-likeness (QED) is 0.770. The summed E-state index contributed by atoms with van der Waals surface area (Å²) >= 11 is 9.41. The van der Waals surface area contributed by atoms with Crippen LogP contribution in [-0.4, -0.2) is 12.5 Å². The predicted octanol–water partition coefficient (Wildman–Crippen LogP) is 3.60. The van der Waals surface area contributed by atoms with Crippen LogP contribution in [0.4, 0.5) is 0 Å². The average molecular weight is 397 g/mol. The van der Waals surface area contributed by atoms with Crippen molar-refractivity contribution >= 4 is 33.4 Å². The topological polar surface area (TPSA) is 45.7 Å². The number of halogens is 2. The molecule has 3 N–H and O–H groups in total. The molecule has 0 spiro atoms. The first-order chi connectivity index (χ1) is 11.0. The Morgan fingerprint density at radius 1 is 1.17 bits per heavy atom. The maximum Gasteiger partial charge on any atom is 0.275 e. The second kappa shape index (κ2) is 8.48. The monoisotopic (exact) mass is 395 g/mol. The van der Waals surface area contributed by atoms with Crippen molar-refractivity contribution in [3.05, 3.63) is 69.2 Å². The van der Waals surface area contributed by atoms with Gasteiger partial charge in [-0.3, -0.25) is 4.79 Å². The van der Waals surface area contributed by atoms with E-state index in [0.717, 1.165) is 20.6 Å². The van der Waals surface area contributed by atoms with E-state index in [-0.39, 0.29) is 18.0 Å². The van der Waals surface area contributed by atoms with E-state index in [1.807, 2.05) is 60.8 Å². The molecular weight excluding hydrogens is 376 g/mol. The van der Waals surface area contributed by atoms with Crippen molar-refractivity contribution in [2.45, 2.75) is 25.9 Å². The molecule has 0 aliphatic carbocycles. The molecule has 0 bridgehead atoms. The Hall–Kier alpha value is -1.36. The number of nitrogens with two attached hydrogens (primary N) is 1. The van der Waals surface area contributed by atoms with E-state index in [0.29, 0.717) is 6.54 Å². The van der Waals surface area contributed by atoms with Crippen molar-refractivity contribution in [1.29, 1.82) is 0 Å². The van der Waals surface area contributed by atoms with Crippen LogP contribution in [0.5, 0.6) is 0 Å². The minimum Gasteiger partial charge on any atom is -0.345 e. The number of hydrogen-bond donors (Lipinski definition) is 2. The van der Waals surface area contributed by atoms with Gasteiger partial charge in [-0.2, -0.15) is 0 Å². The third kappa shape index (κ3) is 5.65. The van der Waals surface area contributed by atoms with Crippen LogP contribution in [0.3, 0.4) is 0 Å². The van der Waals surface area contributed by atoms with Crippen molar-refractivity contribution < 1.29 is 10.1 Å². The molecule has 2 aromatic carbocycles. The smallest absolute Gasteiger partial charge is 0.275 e. The van der Waals surface area contributed by atoms with E-state index in [1.165, 1.54) is 0 Å². The summed E-state index contributed by atoms with van der Waals surface area (Å²) in [7, 11) is 0. The van der Waals surface area contributed by atoms with E-state index in [2.05, 4.69) is 28.2 Å². The van der Waals surface area contributed by atoms with Crippen molar-refractivity contribution in [3.8, 4) is 0 Å². The molecule has 0 heterocycles. The second-order valence-electron chi connectivity index (χ2n) is 5.62. The van der Waals surface area contributed by atoms with Gasteiger partial charge in [-0.15, -0.1) is 0 Å². The van der Waals surface area contributed by atoms with Crippen molar-refractivity contribution in [3.63, 3.8) is 0 Å². The van der Waals surface area contributed by atoms with Gasteiger partial charge in [0.1, 0.15) is 6.04 Å². The number of carbonyl (C=O) groups excluding carboxylic acids is 1. The normalized spacial score (nSPS) is 13.4. The number of rotatable bonds is 6. The van der Waals surface area contributed by atoms with Crippen molar-refractivity contribution in [2.24, 2.45) is 0 Å². The number of amides is 1. The van der Waals surface area contributed by atoms with Crippen LogP contribution in [0.25, 0.3) is 0 Å². The Morgan fingerprint density at radius 3 is 2.52 bits per heavy atom. The minimum absolute atomic E-state index is 0.00882. The van der Waals surface area contributed by atoms with Gasteiger partial charge in [-0.25, -0.2) is 0 Å². The average Bonchev–Trinajstić information content (AvgIpc) is 2.53. The molecular formula is C18H21BrClN2O+. The van der Waals surface area contributed by atoms with E-state index in [9.17, 15) is 4.79 Å². The SMILES string of the molecule is C[C@H](NC(=O)C[NH2+][C@@H](C)c1cccc(Cl)c1)c1ccc(Br)cc1. The van der Waals surface area contributed by atoms with Gasteiger partial charge < -0.3 is 10.6 Å². The lowest BCUT2D eigenvalue weighted by Gasteiger charge is -2.15. The van der Waals surface area contributed by atoms with Crippen LogP contribution in [-0.2, 0) is 4.79 Å².